The average Bonchev–Trinajstić information content (AvgIpc) is 2.97. The van der Waals surface area contributed by atoms with Gasteiger partial charge in [0.25, 0.3) is 0 Å². The van der Waals surface area contributed by atoms with Crippen LogP contribution in [-0.2, 0) is 11.3 Å². The van der Waals surface area contributed by atoms with Gasteiger partial charge in [-0.15, -0.1) is 0 Å². The Balaban J connectivity index is 1.66. The van der Waals surface area contributed by atoms with Gasteiger partial charge < -0.3 is 4.90 Å². The fourth-order valence-electron chi connectivity index (χ4n) is 3.51. The van der Waals surface area contributed by atoms with Crippen molar-refractivity contribution in [2.75, 3.05) is 6.54 Å². The summed E-state index contributed by atoms with van der Waals surface area (Å²) in [4.78, 5) is 18.9. The van der Waals surface area contributed by atoms with Crippen molar-refractivity contribution in [1.29, 1.82) is 0 Å². The average molecular weight is 326 g/mol. The normalized spacial score (nSPS) is 18.4. The largest absolute Gasteiger partial charge is 0.336 e. The summed E-state index contributed by atoms with van der Waals surface area (Å²) in [6, 6.07) is 8.84. The predicted molar refractivity (Wildman–Crippen MR) is 93.4 cm³/mol. The number of benzene rings is 1. The maximum Gasteiger partial charge on any atom is 0.223 e. The quantitative estimate of drug-likeness (QED) is 0.845. The van der Waals surface area contributed by atoms with E-state index in [-0.39, 0.29) is 11.9 Å². The second-order valence-electron chi connectivity index (χ2n) is 6.63. The molecule has 5 nitrogen and oxygen atoms in total. The molecule has 0 N–H and O–H groups in total. The lowest BCUT2D eigenvalue weighted by molar-refractivity contribution is -0.133. The number of aromatic nitrogens is 3. The maximum atomic E-state index is 12.8. The highest BCUT2D eigenvalue weighted by Crippen LogP contribution is 2.31. The fourth-order valence-corrected chi connectivity index (χ4v) is 3.51. The molecule has 3 rings (SSSR count). The Morgan fingerprint density at radius 1 is 1.29 bits per heavy atom. The van der Waals surface area contributed by atoms with Crippen LogP contribution in [0.4, 0.5) is 0 Å². The molecule has 1 fully saturated rings. The number of hydrogen-bond donors (Lipinski definition) is 0. The van der Waals surface area contributed by atoms with Crippen molar-refractivity contribution in [2.24, 2.45) is 0 Å². The second kappa shape index (κ2) is 8.08. The molecule has 24 heavy (non-hydrogen) atoms. The minimum atomic E-state index is 0.228. The lowest BCUT2D eigenvalue weighted by Crippen LogP contribution is -2.34. The number of nitrogens with zero attached hydrogens (tertiary/aromatic N) is 4. The van der Waals surface area contributed by atoms with Crippen molar-refractivity contribution in [2.45, 2.75) is 58.0 Å². The lowest BCUT2D eigenvalue weighted by atomic mass is 9.99. The smallest absolute Gasteiger partial charge is 0.223 e. The van der Waals surface area contributed by atoms with E-state index >= 15 is 0 Å². The van der Waals surface area contributed by atoms with Gasteiger partial charge in [-0.3, -0.25) is 9.48 Å². The van der Waals surface area contributed by atoms with Crippen LogP contribution in [0.5, 0.6) is 0 Å². The van der Waals surface area contributed by atoms with Crippen LogP contribution >= 0.6 is 0 Å². The van der Waals surface area contributed by atoms with E-state index in [0.29, 0.717) is 6.42 Å². The third-order valence-electron chi connectivity index (χ3n) is 4.74. The van der Waals surface area contributed by atoms with Crippen LogP contribution in [0.1, 0.15) is 55.7 Å². The summed E-state index contributed by atoms with van der Waals surface area (Å²) in [5.41, 5.74) is 2.54. The van der Waals surface area contributed by atoms with Gasteiger partial charge >= 0.3 is 0 Å². The van der Waals surface area contributed by atoms with Gasteiger partial charge in [-0.2, -0.15) is 5.10 Å². The SMILES string of the molecule is Cc1cccc([C@H]2CCCCCN2C(=O)CCCn2cncn2)c1. The molecule has 5 heteroatoms. The first kappa shape index (κ1) is 16.7. The van der Waals surface area contributed by atoms with Crippen LogP contribution in [-0.4, -0.2) is 32.1 Å². The van der Waals surface area contributed by atoms with E-state index in [0.717, 1.165) is 32.4 Å². The van der Waals surface area contributed by atoms with Gasteiger partial charge in [0.05, 0.1) is 6.04 Å². The molecule has 0 bridgehead atoms. The van der Waals surface area contributed by atoms with Crippen molar-refractivity contribution in [3.63, 3.8) is 0 Å². The van der Waals surface area contributed by atoms with Crippen molar-refractivity contribution in [3.05, 3.63) is 48.0 Å². The van der Waals surface area contributed by atoms with Gasteiger partial charge in [0.2, 0.25) is 5.91 Å². The van der Waals surface area contributed by atoms with Crippen molar-refractivity contribution in [3.8, 4) is 0 Å². The molecule has 2 heterocycles. The Morgan fingerprint density at radius 2 is 2.21 bits per heavy atom. The highest BCUT2D eigenvalue weighted by molar-refractivity contribution is 5.76. The van der Waals surface area contributed by atoms with E-state index in [2.05, 4.69) is 46.2 Å². The number of amides is 1. The molecule has 1 aromatic heterocycles. The molecular weight excluding hydrogens is 300 g/mol. The Labute approximate surface area is 143 Å². The first-order valence-corrected chi connectivity index (χ1v) is 8.92. The van der Waals surface area contributed by atoms with Gasteiger partial charge in [-0.25, -0.2) is 4.98 Å². The topological polar surface area (TPSA) is 51.0 Å². The summed E-state index contributed by atoms with van der Waals surface area (Å²) >= 11 is 0. The van der Waals surface area contributed by atoms with E-state index in [4.69, 9.17) is 0 Å². The highest BCUT2D eigenvalue weighted by Gasteiger charge is 2.26. The zero-order valence-corrected chi connectivity index (χ0v) is 14.4. The van der Waals surface area contributed by atoms with Crippen LogP contribution in [0.25, 0.3) is 0 Å². The molecular formula is C19H26N4O. The van der Waals surface area contributed by atoms with Crippen molar-refractivity contribution < 1.29 is 4.79 Å². The third kappa shape index (κ3) is 4.22. The van der Waals surface area contributed by atoms with Crippen LogP contribution in [0.15, 0.2) is 36.9 Å². The standard InChI is InChI=1S/C19H26N4O/c1-16-7-5-8-17(13-16)18-9-3-2-4-12-23(18)19(24)10-6-11-22-15-20-14-21-22/h5,7-8,13-15,18H,2-4,6,9-12H2,1H3/t18-/m1/s1. The minimum Gasteiger partial charge on any atom is -0.336 e. The van der Waals surface area contributed by atoms with Crippen LogP contribution in [0.3, 0.4) is 0 Å². The number of carbonyl (C=O) groups is 1. The summed E-state index contributed by atoms with van der Waals surface area (Å²) in [7, 11) is 0. The van der Waals surface area contributed by atoms with Gasteiger partial charge in [-0.1, -0.05) is 42.7 Å². The number of carbonyl (C=O) groups excluding carboxylic acids is 1. The first-order chi connectivity index (χ1) is 11.7. The molecule has 0 unspecified atom stereocenters. The van der Waals surface area contributed by atoms with E-state index in [9.17, 15) is 4.79 Å². The molecule has 0 spiro atoms. The van der Waals surface area contributed by atoms with Gasteiger partial charge in [0, 0.05) is 19.5 Å². The van der Waals surface area contributed by atoms with E-state index in [1.165, 1.54) is 30.3 Å². The van der Waals surface area contributed by atoms with E-state index in [1.807, 2.05) is 0 Å². The Hall–Kier alpha value is -2.17. The summed E-state index contributed by atoms with van der Waals surface area (Å²) in [6.45, 7) is 3.74. The molecule has 1 atom stereocenters. The van der Waals surface area contributed by atoms with Crippen LogP contribution < -0.4 is 0 Å². The monoisotopic (exact) mass is 326 g/mol. The number of hydrogen-bond acceptors (Lipinski definition) is 3. The molecule has 0 aliphatic carbocycles. The van der Waals surface area contributed by atoms with Crippen molar-refractivity contribution >= 4 is 5.91 Å². The Bertz CT molecular complexity index is 653. The second-order valence-corrected chi connectivity index (χ2v) is 6.63. The van der Waals surface area contributed by atoms with E-state index < -0.39 is 0 Å². The summed E-state index contributed by atoms with van der Waals surface area (Å²) in [5.74, 6) is 0.267. The molecule has 1 aliphatic rings. The minimum absolute atomic E-state index is 0.228. The molecule has 1 aliphatic heterocycles. The Kier molecular flexibility index (Phi) is 5.62. The molecule has 1 amide bonds. The zero-order valence-electron chi connectivity index (χ0n) is 14.4. The predicted octanol–water partition coefficient (Wildman–Crippen LogP) is 3.51. The number of rotatable bonds is 5. The van der Waals surface area contributed by atoms with Gasteiger partial charge in [-0.05, 0) is 31.7 Å². The summed E-state index contributed by atoms with van der Waals surface area (Å²) in [6.07, 6.45) is 9.19. The number of aryl methyl sites for hydroxylation is 2. The first-order valence-electron chi connectivity index (χ1n) is 8.92. The molecule has 2 aromatic rings. The molecule has 0 radical (unpaired) electrons. The number of likely N-dealkylation sites (tertiary alicyclic amines) is 1. The molecule has 1 saturated heterocycles. The summed E-state index contributed by atoms with van der Waals surface area (Å²) < 4.78 is 1.79. The zero-order chi connectivity index (χ0) is 16.8. The van der Waals surface area contributed by atoms with E-state index in [1.54, 1.807) is 11.0 Å². The van der Waals surface area contributed by atoms with Gasteiger partial charge in [0.1, 0.15) is 12.7 Å². The molecule has 128 valence electrons. The molecule has 1 aromatic carbocycles. The van der Waals surface area contributed by atoms with Crippen molar-refractivity contribution in [1.82, 2.24) is 19.7 Å². The Morgan fingerprint density at radius 3 is 3.00 bits per heavy atom. The fraction of sp³-hybridized carbons (Fsp3) is 0.526. The highest BCUT2D eigenvalue weighted by atomic mass is 16.2. The van der Waals surface area contributed by atoms with Crippen LogP contribution in [0.2, 0.25) is 0 Å². The maximum absolute atomic E-state index is 12.8. The third-order valence-corrected chi connectivity index (χ3v) is 4.74. The summed E-state index contributed by atoms with van der Waals surface area (Å²) in [5, 5.41) is 4.09. The molecule has 0 saturated carbocycles. The van der Waals surface area contributed by atoms with Crippen LogP contribution in [0, 0.1) is 6.92 Å². The lowest BCUT2D eigenvalue weighted by Gasteiger charge is -2.31. The van der Waals surface area contributed by atoms with Gasteiger partial charge in [0.15, 0.2) is 0 Å².